The van der Waals surface area contributed by atoms with Crippen LogP contribution in [0.15, 0.2) is 12.1 Å². The number of nitrogens with one attached hydrogen (secondary N) is 1. The molecule has 1 amide bonds. The zero-order chi connectivity index (χ0) is 18.5. The van der Waals surface area contributed by atoms with Crippen molar-refractivity contribution in [3.05, 3.63) is 22.7 Å². The Kier molecular flexibility index (Phi) is 6.90. The van der Waals surface area contributed by atoms with Crippen molar-refractivity contribution in [3.8, 4) is 11.5 Å². The second kappa shape index (κ2) is 8.24. The maximum Gasteiger partial charge on any atom is 0.339 e. The smallest absolute Gasteiger partial charge is 0.339 e. The number of hydrogen-bond donors (Lipinski definition) is 1. The van der Waals surface area contributed by atoms with Gasteiger partial charge in [0.1, 0.15) is 0 Å². The van der Waals surface area contributed by atoms with Gasteiger partial charge in [0, 0.05) is 5.54 Å². The summed E-state index contributed by atoms with van der Waals surface area (Å²) >= 11 is 6.13. The highest BCUT2D eigenvalue weighted by molar-refractivity contribution is 6.32. The number of halogens is 1. The standard InChI is InChI=1S/C17H24ClNO5/c1-7-23-14-12(18)8-11(9-13(14)22-6)16(21)24-10(2)15(20)19-17(3,4)5/h8-10H,7H2,1-6H3,(H,19,20)/t10-/m0/s1. The van der Waals surface area contributed by atoms with Crippen LogP contribution in [0.4, 0.5) is 0 Å². The van der Waals surface area contributed by atoms with Gasteiger partial charge in [-0.1, -0.05) is 11.6 Å². The molecule has 24 heavy (non-hydrogen) atoms. The van der Waals surface area contributed by atoms with Crippen molar-refractivity contribution in [1.29, 1.82) is 0 Å². The summed E-state index contributed by atoms with van der Waals surface area (Å²) in [4.78, 5) is 24.3. The molecule has 7 heteroatoms. The molecule has 0 saturated carbocycles. The Morgan fingerprint density at radius 2 is 1.92 bits per heavy atom. The monoisotopic (exact) mass is 357 g/mol. The van der Waals surface area contributed by atoms with Crippen molar-refractivity contribution >= 4 is 23.5 Å². The molecule has 0 radical (unpaired) electrons. The molecule has 1 aromatic carbocycles. The summed E-state index contributed by atoms with van der Waals surface area (Å²) in [6.45, 7) is 9.26. The molecule has 0 aliphatic heterocycles. The third-order valence-corrected chi connectivity index (χ3v) is 3.19. The second-order valence-corrected chi connectivity index (χ2v) is 6.62. The van der Waals surface area contributed by atoms with Crippen molar-refractivity contribution in [3.63, 3.8) is 0 Å². The lowest BCUT2D eigenvalue weighted by Crippen LogP contribution is -2.46. The molecule has 0 aliphatic carbocycles. The van der Waals surface area contributed by atoms with Crippen LogP contribution < -0.4 is 14.8 Å². The van der Waals surface area contributed by atoms with Gasteiger partial charge in [-0.05, 0) is 46.8 Å². The van der Waals surface area contributed by atoms with E-state index >= 15 is 0 Å². The van der Waals surface area contributed by atoms with Gasteiger partial charge in [0.05, 0.1) is 24.3 Å². The van der Waals surface area contributed by atoms with Crippen LogP contribution in [0, 0.1) is 0 Å². The average Bonchev–Trinajstić information content (AvgIpc) is 2.47. The van der Waals surface area contributed by atoms with Crippen LogP contribution in [0.5, 0.6) is 11.5 Å². The maximum atomic E-state index is 12.3. The average molecular weight is 358 g/mol. The number of ether oxygens (including phenoxy) is 3. The topological polar surface area (TPSA) is 73.9 Å². The normalized spacial score (nSPS) is 12.3. The lowest BCUT2D eigenvalue weighted by molar-refractivity contribution is -0.130. The Morgan fingerprint density at radius 3 is 2.42 bits per heavy atom. The fraction of sp³-hybridized carbons (Fsp3) is 0.529. The van der Waals surface area contributed by atoms with E-state index in [1.54, 1.807) is 0 Å². The van der Waals surface area contributed by atoms with Crippen LogP contribution >= 0.6 is 11.6 Å². The minimum absolute atomic E-state index is 0.177. The first kappa shape index (κ1) is 20.1. The highest BCUT2D eigenvalue weighted by Gasteiger charge is 2.24. The lowest BCUT2D eigenvalue weighted by atomic mass is 10.1. The molecule has 1 aromatic rings. The molecule has 0 saturated heterocycles. The van der Waals surface area contributed by atoms with Crippen molar-refractivity contribution in [2.75, 3.05) is 13.7 Å². The zero-order valence-electron chi connectivity index (χ0n) is 14.9. The van der Waals surface area contributed by atoms with Gasteiger partial charge >= 0.3 is 5.97 Å². The number of methoxy groups -OCH3 is 1. The van der Waals surface area contributed by atoms with Crippen LogP contribution in [0.1, 0.15) is 45.0 Å². The van der Waals surface area contributed by atoms with E-state index in [0.717, 1.165) is 0 Å². The van der Waals surface area contributed by atoms with Gasteiger partial charge in [0.2, 0.25) is 0 Å². The molecule has 0 fully saturated rings. The van der Waals surface area contributed by atoms with Crippen LogP contribution in [0.2, 0.25) is 5.02 Å². The summed E-state index contributed by atoms with van der Waals surface area (Å²) in [6.07, 6.45) is -0.937. The fourth-order valence-corrected chi connectivity index (χ4v) is 2.14. The predicted octanol–water partition coefficient (Wildman–Crippen LogP) is 3.21. The second-order valence-electron chi connectivity index (χ2n) is 6.21. The van der Waals surface area contributed by atoms with Crippen molar-refractivity contribution < 1.29 is 23.8 Å². The van der Waals surface area contributed by atoms with Crippen LogP contribution in [0.3, 0.4) is 0 Å². The maximum absolute atomic E-state index is 12.3. The predicted molar refractivity (Wildman–Crippen MR) is 91.9 cm³/mol. The number of hydrogen-bond acceptors (Lipinski definition) is 5. The molecule has 0 aromatic heterocycles. The number of rotatable bonds is 6. The summed E-state index contributed by atoms with van der Waals surface area (Å²) in [5.41, 5.74) is -0.237. The number of benzene rings is 1. The van der Waals surface area contributed by atoms with Crippen molar-refractivity contribution in [2.24, 2.45) is 0 Å². The Morgan fingerprint density at radius 1 is 1.29 bits per heavy atom. The first-order valence-corrected chi connectivity index (χ1v) is 8.00. The largest absolute Gasteiger partial charge is 0.493 e. The number of carbonyl (C=O) groups is 2. The van der Waals surface area contributed by atoms with Gasteiger partial charge < -0.3 is 19.5 Å². The molecule has 0 bridgehead atoms. The molecule has 1 atom stereocenters. The minimum Gasteiger partial charge on any atom is -0.493 e. The number of esters is 1. The lowest BCUT2D eigenvalue weighted by Gasteiger charge is -2.23. The van der Waals surface area contributed by atoms with Crippen molar-refractivity contribution in [2.45, 2.75) is 46.3 Å². The molecule has 0 unspecified atom stereocenters. The molecular weight excluding hydrogens is 334 g/mol. The molecule has 0 spiro atoms. The summed E-state index contributed by atoms with van der Waals surface area (Å²) in [7, 11) is 1.45. The molecule has 1 rings (SSSR count). The minimum atomic E-state index is -0.937. The molecular formula is C17H24ClNO5. The van der Waals surface area contributed by atoms with E-state index in [4.69, 9.17) is 25.8 Å². The highest BCUT2D eigenvalue weighted by atomic mass is 35.5. The molecule has 0 aliphatic rings. The first-order valence-electron chi connectivity index (χ1n) is 7.62. The quantitative estimate of drug-likeness (QED) is 0.791. The molecule has 1 N–H and O–H groups in total. The molecule has 6 nitrogen and oxygen atoms in total. The summed E-state index contributed by atoms with van der Waals surface area (Å²) < 4.78 is 15.8. The Balaban J connectivity index is 2.92. The van der Waals surface area contributed by atoms with E-state index in [0.29, 0.717) is 18.1 Å². The third kappa shape index (κ3) is 5.60. The van der Waals surface area contributed by atoms with Gasteiger partial charge in [-0.15, -0.1) is 0 Å². The highest BCUT2D eigenvalue weighted by Crippen LogP contribution is 2.36. The van der Waals surface area contributed by atoms with Gasteiger partial charge in [-0.3, -0.25) is 4.79 Å². The fourth-order valence-electron chi connectivity index (χ4n) is 1.88. The van der Waals surface area contributed by atoms with Gasteiger partial charge in [-0.25, -0.2) is 4.79 Å². The Labute approximate surface area is 147 Å². The summed E-state index contributed by atoms with van der Waals surface area (Å²) in [6, 6.07) is 2.89. The number of amides is 1. The summed E-state index contributed by atoms with van der Waals surface area (Å²) in [5, 5.41) is 2.98. The summed E-state index contributed by atoms with van der Waals surface area (Å²) in [5.74, 6) is -0.366. The SMILES string of the molecule is CCOc1c(Cl)cc(C(=O)O[C@@H](C)C(=O)NC(C)(C)C)cc1OC. The van der Waals surface area contributed by atoms with E-state index in [2.05, 4.69) is 5.32 Å². The van der Waals surface area contributed by atoms with E-state index in [1.165, 1.54) is 26.2 Å². The van der Waals surface area contributed by atoms with Crippen molar-refractivity contribution in [1.82, 2.24) is 5.32 Å². The Hall–Kier alpha value is -1.95. The van der Waals surface area contributed by atoms with Gasteiger partial charge in [0.15, 0.2) is 17.6 Å². The van der Waals surface area contributed by atoms with E-state index in [1.807, 2.05) is 27.7 Å². The number of carbonyl (C=O) groups excluding carboxylic acids is 2. The molecule has 134 valence electrons. The first-order chi connectivity index (χ1) is 11.1. The van der Waals surface area contributed by atoms with Gasteiger partial charge in [0.25, 0.3) is 5.91 Å². The zero-order valence-corrected chi connectivity index (χ0v) is 15.6. The van der Waals surface area contributed by atoms with Crippen LogP contribution in [-0.4, -0.2) is 37.2 Å². The third-order valence-electron chi connectivity index (χ3n) is 2.91. The van der Waals surface area contributed by atoms with E-state index < -0.39 is 17.6 Å². The van der Waals surface area contributed by atoms with E-state index in [9.17, 15) is 9.59 Å². The van der Waals surface area contributed by atoms with Crippen LogP contribution in [0.25, 0.3) is 0 Å². The van der Waals surface area contributed by atoms with E-state index in [-0.39, 0.29) is 16.5 Å². The Bertz CT molecular complexity index is 610. The van der Waals surface area contributed by atoms with Gasteiger partial charge in [-0.2, -0.15) is 0 Å². The molecule has 0 heterocycles. The van der Waals surface area contributed by atoms with Crippen LogP contribution in [-0.2, 0) is 9.53 Å².